The van der Waals surface area contributed by atoms with Crippen LogP contribution in [-0.2, 0) is 10.3 Å². The van der Waals surface area contributed by atoms with Crippen molar-refractivity contribution in [2.45, 2.75) is 76.2 Å². The lowest BCUT2D eigenvalue weighted by molar-refractivity contribution is -0.0984. The van der Waals surface area contributed by atoms with Gasteiger partial charge in [-0.1, -0.05) is 0 Å². The predicted molar refractivity (Wildman–Crippen MR) is 86.8 cm³/mol. The molecular formula is C18H25FN2O3. The van der Waals surface area contributed by atoms with Gasteiger partial charge in [-0.15, -0.1) is 0 Å². The number of carbonyl (C=O) groups is 1. The summed E-state index contributed by atoms with van der Waals surface area (Å²) >= 11 is 0. The number of pyridine rings is 1. The first-order valence-corrected chi connectivity index (χ1v) is 8.54. The quantitative estimate of drug-likeness (QED) is 0.854. The van der Waals surface area contributed by atoms with Crippen LogP contribution in [0.3, 0.4) is 0 Å². The fraction of sp³-hybridized carbons (Fsp3) is 0.667. The van der Waals surface area contributed by atoms with Crippen LogP contribution in [0.25, 0.3) is 0 Å². The van der Waals surface area contributed by atoms with Crippen LogP contribution in [0, 0.1) is 5.82 Å². The molecule has 1 aromatic rings. The first-order chi connectivity index (χ1) is 11.2. The Hall–Kier alpha value is -1.69. The number of hydrogen-bond donors (Lipinski definition) is 1. The highest BCUT2D eigenvalue weighted by molar-refractivity contribution is 5.69. The van der Waals surface area contributed by atoms with Gasteiger partial charge in [-0.3, -0.25) is 4.98 Å². The van der Waals surface area contributed by atoms with Gasteiger partial charge in [0.25, 0.3) is 0 Å². The molecule has 0 saturated carbocycles. The third-order valence-corrected chi connectivity index (χ3v) is 4.82. The Morgan fingerprint density at radius 1 is 1.33 bits per heavy atom. The van der Waals surface area contributed by atoms with Crippen molar-refractivity contribution in [2.75, 3.05) is 0 Å². The average Bonchev–Trinajstić information content (AvgIpc) is 2.44. The second-order valence-electron chi connectivity index (χ2n) is 7.93. The van der Waals surface area contributed by atoms with E-state index in [0.717, 1.165) is 25.5 Å². The molecule has 1 amide bonds. The van der Waals surface area contributed by atoms with E-state index in [1.54, 1.807) is 4.90 Å². The molecule has 2 aliphatic heterocycles. The van der Waals surface area contributed by atoms with E-state index in [1.165, 1.54) is 12.1 Å². The molecule has 132 valence electrons. The fourth-order valence-corrected chi connectivity index (χ4v) is 3.90. The number of rotatable bonds is 1. The molecule has 1 N–H and O–H groups in total. The van der Waals surface area contributed by atoms with E-state index < -0.39 is 17.0 Å². The highest BCUT2D eigenvalue weighted by atomic mass is 19.1. The summed E-state index contributed by atoms with van der Waals surface area (Å²) in [6, 6.07) is 2.69. The van der Waals surface area contributed by atoms with Crippen molar-refractivity contribution in [2.24, 2.45) is 0 Å². The van der Waals surface area contributed by atoms with Crippen molar-refractivity contribution in [3.63, 3.8) is 0 Å². The monoisotopic (exact) mass is 336 g/mol. The lowest BCUT2D eigenvalue weighted by Gasteiger charge is -2.51. The Bertz CT molecular complexity index is 598. The number of halogens is 1. The third kappa shape index (κ3) is 3.38. The van der Waals surface area contributed by atoms with Gasteiger partial charge in [0.2, 0.25) is 0 Å². The lowest BCUT2D eigenvalue weighted by atomic mass is 9.74. The standard InChI is InChI=1S/C18H25FN2O3/c1-17(2,3)24-16(22)21-13-5-4-6-14(21)10-18(23,9-13)15-8-7-12(19)11-20-15/h7-8,11,13-14,23H,4-6,9-10H2,1-3H3. The van der Waals surface area contributed by atoms with E-state index in [0.29, 0.717) is 18.5 Å². The number of fused-ring (bicyclic) bond motifs is 2. The van der Waals surface area contributed by atoms with Gasteiger partial charge < -0.3 is 14.7 Å². The van der Waals surface area contributed by atoms with Crippen molar-refractivity contribution < 1.29 is 19.0 Å². The molecule has 3 rings (SSSR count). The highest BCUT2D eigenvalue weighted by Crippen LogP contribution is 2.44. The van der Waals surface area contributed by atoms with Crippen LogP contribution in [0.4, 0.5) is 9.18 Å². The molecule has 2 atom stereocenters. The first-order valence-electron chi connectivity index (χ1n) is 8.54. The summed E-state index contributed by atoms with van der Waals surface area (Å²) in [7, 11) is 0. The maximum absolute atomic E-state index is 13.1. The van der Waals surface area contributed by atoms with Gasteiger partial charge in [-0.25, -0.2) is 9.18 Å². The van der Waals surface area contributed by atoms with Crippen LogP contribution >= 0.6 is 0 Å². The Morgan fingerprint density at radius 2 is 1.96 bits per heavy atom. The zero-order valence-electron chi connectivity index (χ0n) is 14.5. The van der Waals surface area contributed by atoms with Gasteiger partial charge in [0.1, 0.15) is 17.0 Å². The third-order valence-electron chi connectivity index (χ3n) is 4.82. The second kappa shape index (κ2) is 5.99. The van der Waals surface area contributed by atoms with Gasteiger partial charge in [0, 0.05) is 24.9 Å². The van der Waals surface area contributed by atoms with Crippen LogP contribution < -0.4 is 0 Å². The van der Waals surface area contributed by atoms with Crippen LogP contribution in [0.15, 0.2) is 18.3 Å². The molecule has 0 radical (unpaired) electrons. The molecule has 2 fully saturated rings. The number of aliphatic hydroxyl groups is 1. The Morgan fingerprint density at radius 3 is 2.46 bits per heavy atom. The van der Waals surface area contributed by atoms with Crippen molar-refractivity contribution >= 4 is 6.09 Å². The van der Waals surface area contributed by atoms with Crippen molar-refractivity contribution in [1.29, 1.82) is 0 Å². The zero-order chi connectivity index (χ0) is 17.5. The fourth-order valence-electron chi connectivity index (χ4n) is 3.90. The topological polar surface area (TPSA) is 62.7 Å². The maximum atomic E-state index is 13.1. The molecule has 24 heavy (non-hydrogen) atoms. The molecule has 5 nitrogen and oxygen atoms in total. The summed E-state index contributed by atoms with van der Waals surface area (Å²) in [5.41, 5.74) is -1.19. The van der Waals surface area contributed by atoms with E-state index >= 15 is 0 Å². The minimum Gasteiger partial charge on any atom is -0.444 e. The summed E-state index contributed by atoms with van der Waals surface area (Å²) < 4.78 is 18.7. The van der Waals surface area contributed by atoms with E-state index in [-0.39, 0.29) is 18.2 Å². The summed E-state index contributed by atoms with van der Waals surface area (Å²) in [6.45, 7) is 5.55. The summed E-state index contributed by atoms with van der Waals surface area (Å²) in [6.07, 6.45) is 4.32. The first kappa shape index (κ1) is 17.1. The maximum Gasteiger partial charge on any atom is 0.410 e. The number of aromatic nitrogens is 1. The predicted octanol–water partition coefficient (Wildman–Crippen LogP) is 3.36. The van der Waals surface area contributed by atoms with E-state index in [4.69, 9.17) is 4.74 Å². The number of nitrogens with zero attached hydrogens (tertiary/aromatic N) is 2. The van der Waals surface area contributed by atoms with Gasteiger partial charge in [0.15, 0.2) is 0 Å². The number of carbonyl (C=O) groups excluding carboxylic acids is 1. The summed E-state index contributed by atoms with van der Waals surface area (Å²) in [4.78, 5) is 18.4. The van der Waals surface area contributed by atoms with Gasteiger partial charge in [-0.05, 0) is 52.2 Å². The Balaban J connectivity index is 1.82. The molecule has 3 heterocycles. The van der Waals surface area contributed by atoms with Crippen LogP contribution in [0.1, 0.15) is 58.6 Å². The van der Waals surface area contributed by atoms with Gasteiger partial charge in [0.05, 0.1) is 11.9 Å². The summed E-state index contributed by atoms with van der Waals surface area (Å²) in [5.74, 6) is -0.422. The average molecular weight is 336 g/mol. The molecule has 2 saturated heterocycles. The number of ether oxygens (including phenoxy) is 1. The van der Waals surface area contributed by atoms with Crippen LogP contribution in [-0.4, -0.2) is 38.8 Å². The largest absolute Gasteiger partial charge is 0.444 e. The number of amides is 1. The Labute approximate surface area is 141 Å². The van der Waals surface area contributed by atoms with Crippen molar-refractivity contribution in [3.05, 3.63) is 29.8 Å². The molecule has 6 heteroatoms. The zero-order valence-corrected chi connectivity index (χ0v) is 14.5. The van der Waals surface area contributed by atoms with Gasteiger partial charge in [-0.2, -0.15) is 0 Å². The molecule has 0 aliphatic carbocycles. The van der Waals surface area contributed by atoms with E-state index in [2.05, 4.69) is 4.98 Å². The lowest BCUT2D eigenvalue weighted by Crippen LogP contribution is -2.59. The minimum atomic E-state index is -1.12. The molecule has 2 bridgehead atoms. The van der Waals surface area contributed by atoms with E-state index in [9.17, 15) is 14.3 Å². The molecule has 0 spiro atoms. The number of hydrogen-bond acceptors (Lipinski definition) is 4. The SMILES string of the molecule is CC(C)(C)OC(=O)N1C2CCCC1CC(O)(c1ccc(F)cn1)C2. The second-order valence-corrected chi connectivity index (χ2v) is 7.93. The molecule has 1 aromatic heterocycles. The van der Waals surface area contributed by atoms with Gasteiger partial charge >= 0.3 is 6.09 Å². The molecule has 0 aromatic carbocycles. The van der Waals surface area contributed by atoms with Crippen LogP contribution in [0.5, 0.6) is 0 Å². The summed E-state index contributed by atoms with van der Waals surface area (Å²) in [5, 5.41) is 11.1. The molecule has 2 unspecified atom stereocenters. The minimum absolute atomic E-state index is 0.0794. The van der Waals surface area contributed by atoms with Crippen molar-refractivity contribution in [1.82, 2.24) is 9.88 Å². The normalized spacial score (nSPS) is 30.1. The smallest absolute Gasteiger partial charge is 0.410 e. The number of piperidine rings is 2. The van der Waals surface area contributed by atoms with E-state index in [1.807, 2.05) is 20.8 Å². The highest BCUT2D eigenvalue weighted by Gasteiger charge is 2.49. The molecular weight excluding hydrogens is 311 g/mol. The van der Waals surface area contributed by atoms with Crippen molar-refractivity contribution in [3.8, 4) is 0 Å². The van der Waals surface area contributed by atoms with Crippen LogP contribution in [0.2, 0.25) is 0 Å². The molecule has 2 aliphatic rings. The Kier molecular flexibility index (Phi) is 4.28.